The van der Waals surface area contributed by atoms with Gasteiger partial charge in [0.15, 0.2) is 5.03 Å². The van der Waals surface area contributed by atoms with Crippen LogP contribution >= 0.6 is 11.8 Å². The first-order chi connectivity index (χ1) is 9.45. The van der Waals surface area contributed by atoms with E-state index in [1.165, 1.54) is 0 Å². The van der Waals surface area contributed by atoms with Crippen LogP contribution in [0.4, 0.5) is 0 Å². The van der Waals surface area contributed by atoms with E-state index in [9.17, 15) is 8.42 Å². The van der Waals surface area contributed by atoms with Gasteiger partial charge in [-0.2, -0.15) is 11.8 Å². The zero-order chi connectivity index (χ0) is 14.6. The Morgan fingerprint density at radius 2 is 2.25 bits per heavy atom. The second kappa shape index (κ2) is 6.43. The second-order valence-electron chi connectivity index (χ2n) is 5.26. The molecule has 1 unspecified atom stereocenters. The number of nitrogens with one attached hydrogen (secondary N) is 2. The molecular weight excluding hydrogens is 294 g/mol. The standard InChI is InChI=1S/C13H21N3O2S2/c1-13(6-3-7-19-13)10-16-20(17,18)12-5-4-11(8-14-2)9-15-12/h4-5,9,14,16H,3,6-8,10H2,1-2H3. The smallest absolute Gasteiger partial charge is 0.258 e. The van der Waals surface area contributed by atoms with E-state index in [0.29, 0.717) is 13.1 Å². The predicted molar refractivity (Wildman–Crippen MR) is 82.3 cm³/mol. The highest BCUT2D eigenvalue weighted by atomic mass is 32.2. The zero-order valence-electron chi connectivity index (χ0n) is 11.8. The molecule has 0 amide bonds. The van der Waals surface area contributed by atoms with Crippen LogP contribution < -0.4 is 10.0 Å². The molecule has 0 bridgehead atoms. The van der Waals surface area contributed by atoms with Gasteiger partial charge in [-0.25, -0.2) is 18.1 Å². The number of nitrogens with zero attached hydrogens (tertiary/aromatic N) is 1. The fourth-order valence-corrected chi connectivity index (χ4v) is 4.61. The maximum Gasteiger partial charge on any atom is 0.258 e. The summed E-state index contributed by atoms with van der Waals surface area (Å²) in [6.07, 6.45) is 3.80. The normalized spacial score (nSPS) is 23.1. The highest BCUT2D eigenvalue weighted by Gasteiger charge is 2.31. The molecule has 0 saturated carbocycles. The van der Waals surface area contributed by atoms with Crippen molar-refractivity contribution in [3.05, 3.63) is 23.9 Å². The Morgan fingerprint density at radius 3 is 2.80 bits per heavy atom. The first-order valence-corrected chi connectivity index (χ1v) is 9.15. The van der Waals surface area contributed by atoms with Crippen molar-refractivity contribution in [3.63, 3.8) is 0 Å². The molecule has 0 aliphatic carbocycles. The van der Waals surface area contributed by atoms with Crippen molar-refractivity contribution in [1.29, 1.82) is 0 Å². The van der Waals surface area contributed by atoms with Gasteiger partial charge in [0.2, 0.25) is 0 Å². The molecule has 1 aliphatic heterocycles. The van der Waals surface area contributed by atoms with Crippen LogP contribution in [0.3, 0.4) is 0 Å². The van der Waals surface area contributed by atoms with Crippen LogP contribution in [0, 0.1) is 0 Å². The van der Waals surface area contributed by atoms with Gasteiger partial charge in [0.1, 0.15) is 0 Å². The van der Waals surface area contributed by atoms with E-state index in [-0.39, 0.29) is 9.77 Å². The van der Waals surface area contributed by atoms with Crippen LogP contribution in [0.1, 0.15) is 25.3 Å². The topological polar surface area (TPSA) is 71.1 Å². The molecule has 2 N–H and O–H groups in total. The largest absolute Gasteiger partial charge is 0.316 e. The van der Waals surface area contributed by atoms with Crippen molar-refractivity contribution in [1.82, 2.24) is 15.0 Å². The van der Waals surface area contributed by atoms with E-state index in [2.05, 4.69) is 21.9 Å². The van der Waals surface area contributed by atoms with Crippen LogP contribution in [0.15, 0.2) is 23.4 Å². The maximum absolute atomic E-state index is 12.2. The summed E-state index contributed by atoms with van der Waals surface area (Å²) in [5.41, 5.74) is 0.963. The summed E-state index contributed by atoms with van der Waals surface area (Å²) in [5.74, 6) is 1.11. The Hall–Kier alpha value is -0.630. The van der Waals surface area contributed by atoms with Crippen molar-refractivity contribution in [2.45, 2.75) is 36.1 Å². The van der Waals surface area contributed by atoms with Gasteiger partial charge in [0.05, 0.1) is 0 Å². The van der Waals surface area contributed by atoms with Gasteiger partial charge >= 0.3 is 0 Å². The van der Waals surface area contributed by atoms with E-state index >= 15 is 0 Å². The summed E-state index contributed by atoms with van der Waals surface area (Å²) in [4.78, 5) is 4.04. The number of sulfonamides is 1. The number of rotatable bonds is 6. The van der Waals surface area contributed by atoms with Crippen LogP contribution in [-0.4, -0.2) is 37.5 Å². The lowest BCUT2D eigenvalue weighted by molar-refractivity contribution is 0.549. The molecular formula is C13H21N3O2S2. The molecule has 7 heteroatoms. The maximum atomic E-state index is 12.2. The average molecular weight is 315 g/mol. The number of aromatic nitrogens is 1. The molecule has 0 spiro atoms. The predicted octanol–water partition coefficient (Wildman–Crippen LogP) is 1.36. The number of hydrogen-bond acceptors (Lipinski definition) is 5. The average Bonchev–Trinajstić information content (AvgIpc) is 2.85. The fourth-order valence-electron chi connectivity index (χ4n) is 2.18. The third-order valence-corrected chi connectivity index (χ3v) is 6.25. The molecule has 1 aromatic rings. The summed E-state index contributed by atoms with van der Waals surface area (Å²) < 4.78 is 27.1. The SMILES string of the molecule is CNCc1ccc(S(=O)(=O)NCC2(C)CCCS2)nc1. The summed E-state index contributed by atoms with van der Waals surface area (Å²) in [5, 5.41) is 3.09. The lowest BCUT2D eigenvalue weighted by Gasteiger charge is -2.22. The highest BCUT2D eigenvalue weighted by Crippen LogP contribution is 2.37. The first-order valence-electron chi connectivity index (χ1n) is 6.68. The quantitative estimate of drug-likeness (QED) is 0.829. The summed E-state index contributed by atoms with van der Waals surface area (Å²) >= 11 is 1.83. The van der Waals surface area contributed by atoms with Crippen molar-refractivity contribution < 1.29 is 8.42 Å². The minimum Gasteiger partial charge on any atom is -0.316 e. The lowest BCUT2D eigenvalue weighted by Crippen LogP contribution is -2.37. The lowest BCUT2D eigenvalue weighted by atomic mass is 10.1. The summed E-state index contributed by atoms with van der Waals surface area (Å²) in [7, 11) is -1.67. The molecule has 5 nitrogen and oxygen atoms in total. The number of hydrogen-bond donors (Lipinski definition) is 2. The molecule has 2 rings (SSSR count). The molecule has 0 radical (unpaired) electrons. The Bertz CT molecular complexity index is 537. The minimum absolute atomic E-state index is 0.0130. The van der Waals surface area contributed by atoms with Crippen LogP contribution in [0.2, 0.25) is 0 Å². The molecule has 2 heterocycles. The molecule has 20 heavy (non-hydrogen) atoms. The molecule has 1 fully saturated rings. The van der Waals surface area contributed by atoms with Gasteiger partial charge in [0, 0.05) is 24.0 Å². The van der Waals surface area contributed by atoms with E-state index in [1.807, 2.05) is 18.8 Å². The number of thioether (sulfide) groups is 1. The van der Waals surface area contributed by atoms with E-state index in [4.69, 9.17) is 0 Å². The molecule has 1 aromatic heterocycles. The monoisotopic (exact) mass is 315 g/mol. The third-order valence-electron chi connectivity index (χ3n) is 3.39. The molecule has 1 aliphatic rings. The number of pyridine rings is 1. The Morgan fingerprint density at radius 1 is 1.45 bits per heavy atom. The van der Waals surface area contributed by atoms with Gasteiger partial charge in [-0.1, -0.05) is 6.07 Å². The van der Waals surface area contributed by atoms with E-state index in [0.717, 1.165) is 24.2 Å². The van der Waals surface area contributed by atoms with Crippen LogP contribution in [-0.2, 0) is 16.6 Å². The van der Waals surface area contributed by atoms with Gasteiger partial charge < -0.3 is 5.32 Å². The Labute approximate surface area is 125 Å². The summed E-state index contributed by atoms with van der Waals surface area (Å²) in [6, 6.07) is 3.34. The first kappa shape index (κ1) is 15.8. The fraction of sp³-hybridized carbons (Fsp3) is 0.615. The Balaban J connectivity index is 2.02. The molecule has 1 atom stereocenters. The van der Waals surface area contributed by atoms with Crippen molar-refractivity contribution >= 4 is 21.8 Å². The van der Waals surface area contributed by atoms with Crippen molar-refractivity contribution in [3.8, 4) is 0 Å². The van der Waals surface area contributed by atoms with E-state index in [1.54, 1.807) is 18.3 Å². The van der Waals surface area contributed by atoms with Gasteiger partial charge in [0.25, 0.3) is 10.0 Å². The highest BCUT2D eigenvalue weighted by molar-refractivity contribution is 8.01. The Kier molecular flexibility index (Phi) is 5.06. The molecule has 1 saturated heterocycles. The van der Waals surface area contributed by atoms with Gasteiger partial charge in [-0.15, -0.1) is 0 Å². The summed E-state index contributed by atoms with van der Waals surface area (Å²) in [6.45, 7) is 3.24. The van der Waals surface area contributed by atoms with Gasteiger partial charge in [-0.3, -0.25) is 0 Å². The molecule has 0 aromatic carbocycles. The van der Waals surface area contributed by atoms with Crippen molar-refractivity contribution in [2.75, 3.05) is 19.3 Å². The zero-order valence-corrected chi connectivity index (χ0v) is 13.5. The third kappa shape index (κ3) is 3.94. The van der Waals surface area contributed by atoms with Crippen LogP contribution in [0.5, 0.6) is 0 Å². The van der Waals surface area contributed by atoms with Crippen molar-refractivity contribution in [2.24, 2.45) is 0 Å². The molecule has 112 valence electrons. The van der Waals surface area contributed by atoms with E-state index < -0.39 is 10.0 Å². The minimum atomic E-state index is -3.51. The van der Waals surface area contributed by atoms with Gasteiger partial charge in [-0.05, 0) is 44.2 Å². The second-order valence-corrected chi connectivity index (χ2v) is 8.66. The van der Waals surface area contributed by atoms with Crippen LogP contribution in [0.25, 0.3) is 0 Å².